The Morgan fingerprint density at radius 1 is 1.61 bits per heavy atom. The molecule has 1 aromatic rings. The van der Waals surface area contributed by atoms with Crippen LogP contribution in [0.4, 0.5) is 20.6 Å². The number of nitrogen functional groups attached to an aromatic ring is 1. The van der Waals surface area contributed by atoms with Crippen molar-refractivity contribution in [3.8, 4) is 0 Å². The lowest BCUT2D eigenvalue weighted by molar-refractivity contribution is 0.251. The summed E-state index contributed by atoms with van der Waals surface area (Å²) in [4.78, 5) is 11.6. The average molecular weight is 272 g/mol. The van der Waals surface area contributed by atoms with E-state index in [4.69, 9.17) is 17.3 Å². The zero-order valence-corrected chi connectivity index (χ0v) is 10.7. The maximum Gasteiger partial charge on any atom is 0.319 e. The van der Waals surface area contributed by atoms with Gasteiger partial charge in [0.2, 0.25) is 0 Å². The van der Waals surface area contributed by atoms with Crippen LogP contribution in [0.1, 0.15) is 19.8 Å². The third kappa shape index (κ3) is 2.85. The van der Waals surface area contributed by atoms with Crippen molar-refractivity contribution < 1.29 is 9.18 Å². The summed E-state index contributed by atoms with van der Waals surface area (Å²) in [6.07, 6.45) is 2.02. The Hall–Kier alpha value is -1.49. The van der Waals surface area contributed by atoms with Gasteiger partial charge in [-0.15, -0.1) is 0 Å². The van der Waals surface area contributed by atoms with Gasteiger partial charge in [-0.25, -0.2) is 9.18 Å². The molecule has 1 aliphatic rings. The number of carbonyl (C=O) groups is 1. The topological polar surface area (TPSA) is 67.2 Å². The van der Waals surface area contributed by atoms with Gasteiger partial charge in [-0.05, 0) is 24.5 Å². The van der Waals surface area contributed by atoms with E-state index in [9.17, 15) is 9.18 Å². The maximum atomic E-state index is 13.5. The van der Waals surface area contributed by atoms with Gasteiger partial charge < -0.3 is 16.4 Å². The highest BCUT2D eigenvalue weighted by Crippen LogP contribution is 2.33. The third-order valence-electron chi connectivity index (χ3n) is 3.10. The largest absolute Gasteiger partial charge is 0.397 e. The number of amides is 2. The quantitative estimate of drug-likeness (QED) is 0.740. The van der Waals surface area contributed by atoms with Crippen molar-refractivity contribution in [1.29, 1.82) is 0 Å². The number of nitrogens with two attached hydrogens (primary N) is 1. The molecule has 4 N–H and O–H groups in total. The summed E-state index contributed by atoms with van der Waals surface area (Å²) in [6, 6.07) is 2.17. The van der Waals surface area contributed by atoms with Crippen molar-refractivity contribution in [3.63, 3.8) is 0 Å². The number of hydrogen-bond donors (Lipinski definition) is 3. The fraction of sp³-hybridized carbons (Fsp3) is 0.417. The number of rotatable bonds is 3. The van der Waals surface area contributed by atoms with Crippen molar-refractivity contribution in [2.24, 2.45) is 5.92 Å². The number of benzene rings is 1. The van der Waals surface area contributed by atoms with Crippen molar-refractivity contribution in [2.45, 2.75) is 25.8 Å². The number of halogens is 2. The lowest BCUT2D eigenvalue weighted by atomic mass is 10.2. The minimum Gasteiger partial charge on any atom is -0.397 e. The van der Waals surface area contributed by atoms with Crippen LogP contribution in [0.15, 0.2) is 12.1 Å². The normalized spacial score (nSPS) is 21.5. The molecule has 0 bridgehead atoms. The van der Waals surface area contributed by atoms with Gasteiger partial charge >= 0.3 is 6.03 Å². The number of anilines is 2. The van der Waals surface area contributed by atoms with E-state index in [0.717, 1.165) is 18.9 Å². The van der Waals surface area contributed by atoms with Crippen LogP contribution in [-0.4, -0.2) is 12.1 Å². The first-order valence-corrected chi connectivity index (χ1v) is 6.21. The van der Waals surface area contributed by atoms with Crippen molar-refractivity contribution in [2.75, 3.05) is 11.1 Å². The highest BCUT2D eigenvalue weighted by molar-refractivity contribution is 6.33. The molecule has 0 radical (unpaired) electrons. The summed E-state index contributed by atoms with van der Waals surface area (Å²) in [5.74, 6) is -0.0666. The predicted molar refractivity (Wildman–Crippen MR) is 70.2 cm³/mol. The zero-order valence-electron chi connectivity index (χ0n) is 9.97. The molecule has 2 unspecified atom stereocenters. The Morgan fingerprint density at radius 3 is 2.94 bits per heavy atom. The number of carbonyl (C=O) groups excluding carboxylic acids is 1. The molecule has 2 atom stereocenters. The fourth-order valence-corrected chi connectivity index (χ4v) is 2.01. The molecule has 2 amide bonds. The third-order valence-corrected chi connectivity index (χ3v) is 3.43. The first kappa shape index (κ1) is 13.0. The molecule has 2 rings (SSSR count). The van der Waals surface area contributed by atoms with E-state index in [1.165, 1.54) is 6.07 Å². The molecule has 6 heteroatoms. The highest BCUT2D eigenvalue weighted by Gasteiger charge is 2.36. The summed E-state index contributed by atoms with van der Waals surface area (Å²) >= 11 is 5.66. The monoisotopic (exact) mass is 271 g/mol. The minimum absolute atomic E-state index is 0.0306. The van der Waals surface area contributed by atoms with E-state index in [1.54, 1.807) is 0 Å². The molecule has 4 nitrogen and oxygen atoms in total. The average Bonchev–Trinajstić information content (AvgIpc) is 3.04. The molecule has 0 heterocycles. The van der Waals surface area contributed by atoms with Crippen LogP contribution < -0.4 is 16.4 Å². The summed E-state index contributed by atoms with van der Waals surface area (Å²) in [6.45, 7) is 2.07. The molecule has 1 fully saturated rings. The van der Waals surface area contributed by atoms with Crippen molar-refractivity contribution >= 4 is 29.0 Å². The standard InChI is InChI=1S/C12H15ClFN3O/c1-2-6-3-10(6)16-12(18)17-11-5-9(15)7(13)4-8(11)14/h4-6,10H,2-3,15H2,1H3,(H2,16,17,18). The van der Waals surface area contributed by atoms with Crippen LogP contribution in [0.3, 0.4) is 0 Å². The van der Waals surface area contributed by atoms with Crippen LogP contribution in [0, 0.1) is 11.7 Å². The van der Waals surface area contributed by atoms with E-state index < -0.39 is 11.8 Å². The first-order valence-electron chi connectivity index (χ1n) is 5.83. The van der Waals surface area contributed by atoms with E-state index in [2.05, 4.69) is 17.6 Å². The van der Waals surface area contributed by atoms with Crippen LogP contribution >= 0.6 is 11.6 Å². The molecule has 1 aliphatic carbocycles. The Kier molecular flexibility index (Phi) is 3.61. The van der Waals surface area contributed by atoms with Crippen LogP contribution in [0.2, 0.25) is 5.02 Å². The lowest BCUT2D eigenvalue weighted by Gasteiger charge is -2.09. The van der Waals surface area contributed by atoms with Gasteiger partial charge in [0.05, 0.1) is 16.4 Å². The fourth-order valence-electron chi connectivity index (χ4n) is 1.86. The molecule has 18 heavy (non-hydrogen) atoms. The second-order valence-corrected chi connectivity index (χ2v) is 4.87. The summed E-state index contributed by atoms with van der Waals surface area (Å²) < 4.78 is 13.5. The van der Waals surface area contributed by atoms with Gasteiger partial charge in [0, 0.05) is 6.04 Å². The smallest absolute Gasteiger partial charge is 0.319 e. The zero-order chi connectivity index (χ0) is 13.3. The molecule has 0 aliphatic heterocycles. The Balaban J connectivity index is 1.97. The van der Waals surface area contributed by atoms with E-state index in [1.807, 2.05) is 0 Å². The van der Waals surface area contributed by atoms with Crippen LogP contribution in [0.25, 0.3) is 0 Å². The minimum atomic E-state index is -0.604. The molecular weight excluding hydrogens is 257 g/mol. The van der Waals surface area contributed by atoms with E-state index in [0.29, 0.717) is 5.92 Å². The lowest BCUT2D eigenvalue weighted by Crippen LogP contribution is -2.31. The molecule has 0 aromatic heterocycles. The van der Waals surface area contributed by atoms with Gasteiger partial charge in [-0.1, -0.05) is 24.9 Å². The van der Waals surface area contributed by atoms with E-state index >= 15 is 0 Å². The van der Waals surface area contributed by atoms with Crippen LogP contribution in [0.5, 0.6) is 0 Å². The summed E-state index contributed by atoms with van der Waals surface area (Å²) in [5.41, 5.74) is 5.81. The second kappa shape index (κ2) is 5.02. The number of hydrogen-bond acceptors (Lipinski definition) is 2. The summed E-state index contributed by atoms with van der Waals surface area (Å²) in [7, 11) is 0. The highest BCUT2D eigenvalue weighted by atomic mass is 35.5. The molecular formula is C12H15ClFN3O. The molecule has 0 saturated heterocycles. The summed E-state index contributed by atoms with van der Waals surface area (Å²) in [5, 5.41) is 5.34. The van der Waals surface area contributed by atoms with Crippen LogP contribution in [-0.2, 0) is 0 Å². The van der Waals surface area contributed by atoms with E-state index in [-0.39, 0.29) is 22.4 Å². The molecule has 1 saturated carbocycles. The van der Waals surface area contributed by atoms with Gasteiger partial charge in [0.15, 0.2) is 0 Å². The van der Waals surface area contributed by atoms with Gasteiger partial charge in [0.25, 0.3) is 0 Å². The first-order chi connectivity index (χ1) is 8.51. The number of urea groups is 1. The van der Waals surface area contributed by atoms with Gasteiger partial charge in [0.1, 0.15) is 5.82 Å². The van der Waals surface area contributed by atoms with Crippen molar-refractivity contribution in [3.05, 3.63) is 23.0 Å². The Morgan fingerprint density at radius 2 is 2.33 bits per heavy atom. The van der Waals surface area contributed by atoms with Crippen molar-refractivity contribution in [1.82, 2.24) is 5.32 Å². The van der Waals surface area contributed by atoms with Gasteiger partial charge in [-0.2, -0.15) is 0 Å². The predicted octanol–water partition coefficient (Wildman–Crippen LogP) is 2.98. The second-order valence-electron chi connectivity index (χ2n) is 4.46. The SMILES string of the molecule is CCC1CC1NC(=O)Nc1cc(N)c(Cl)cc1F. The van der Waals surface area contributed by atoms with Gasteiger partial charge in [-0.3, -0.25) is 0 Å². The molecule has 1 aromatic carbocycles. The Bertz CT molecular complexity index is 481. The maximum absolute atomic E-state index is 13.5. The Labute approximate surface area is 110 Å². The number of nitrogens with one attached hydrogen (secondary N) is 2. The molecule has 0 spiro atoms. The molecule has 98 valence electrons.